The molecule has 76 valence electrons. The van der Waals surface area contributed by atoms with Crippen molar-refractivity contribution >= 4 is 38.9 Å². The Bertz CT molecular complexity index is 344. The van der Waals surface area contributed by atoms with Crippen molar-refractivity contribution in [3.05, 3.63) is 22.7 Å². The van der Waals surface area contributed by atoms with Crippen LogP contribution >= 0.6 is 28.1 Å². The number of nitrogens with two attached hydrogens (primary N) is 1. The lowest BCUT2D eigenvalue weighted by Gasteiger charge is -2.09. The predicted molar refractivity (Wildman–Crippen MR) is 65.7 cm³/mol. The summed E-state index contributed by atoms with van der Waals surface area (Å²) < 4.78 is 6.30. The van der Waals surface area contributed by atoms with Gasteiger partial charge in [0.15, 0.2) is 5.11 Å². The second kappa shape index (κ2) is 5.17. The summed E-state index contributed by atoms with van der Waals surface area (Å²) in [4.78, 5) is 0. The molecule has 0 saturated carbocycles. The monoisotopic (exact) mass is 274 g/mol. The van der Waals surface area contributed by atoms with E-state index in [1.165, 1.54) is 0 Å². The Kier molecular flexibility index (Phi) is 4.16. The number of thiocarbonyl (C=S) groups is 1. The number of halogens is 1. The molecule has 0 fully saturated rings. The lowest BCUT2D eigenvalue weighted by Crippen LogP contribution is -2.18. The third-order valence-electron chi connectivity index (χ3n) is 1.50. The van der Waals surface area contributed by atoms with Gasteiger partial charge in [-0.05, 0) is 47.2 Å². The van der Waals surface area contributed by atoms with Crippen LogP contribution in [0.5, 0.6) is 5.75 Å². The Labute approximate surface area is 96.8 Å². The van der Waals surface area contributed by atoms with E-state index < -0.39 is 0 Å². The second-order valence-electron chi connectivity index (χ2n) is 2.57. The van der Waals surface area contributed by atoms with Crippen molar-refractivity contribution in [2.24, 2.45) is 5.73 Å². The molecule has 0 bridgehead atoms. The topological polar surface area (TPSA) is 47.3 Å². The highest BCUT2D eigenvalue weighted by atomic mass is 79.9. The van der Waals surface area contributed by atoms with Crippen LogP contribution in [-0.4, -0.2) is 11.7 Å². The zero-order valence-electron chi connectivity index (χ0n) is 7.71. The molecule has 1 aromatic carbocycles. The summed E-state index contributed by atoms with van der Waals surface area (Å²) in [5, 5.41) is 3.08. The SMILES string of the molecule is CCOc1cc(NC(N)=S)ccc1Br. The van der Waals surface area contributed by atoms with Gasteiger partial charge in [-0.15, -0.1) is 0 Å². The molecule has 0 unspecified atom stereocenters. The van der Waals surface area contributed by atoms with E-state index in [4.69, 9.17) is 22.7 Å². The molecule has 1 aromatic rings. The maximum Gasteiger partial charge on any atom is 0.168 e. The van der Waals surface area contributed by atoms with Crippen molar-refractivity contribution in [1.29, 1.82) is 0 Å². The van der Waals surface area contributed by atoms with Crippen LogP contribution < -0.4 is 15.8 Å². The number of ether oxygens (including phenoxy) is 1. The lowest BCUT2D eigenvalue weighted by atomic mass is 10.3. The largest absolute Gasteiger partial charge is 0.493 e. The smallest absolute Gasteiger partial charge is 0.168 e. The number of nitrogens with one attached hydrogen (secondary N) is 1. The van der Waals surface area contributed by atoms with Crippen LogP contribution in [0.3, 0.4) is 0 Å². The predicted octanol–water partition coefficient (Wildman–Crippen LogP) is 2.50. The van der Waals surface area contributed by atoms with E-state index in [2.05, 4.69) is 21.2 Å². The van der Waals surface area contributed by atoms with E-state index in [9.17, 15) is 0 Å². The van der Waals surface area contributed by atoms with Crippen LogP contribution in [0.1, 0.15) is 6.92 Å². The number of hydrogen-bond donors (Lipinski definition) is 2. The van der Waals surface area contributed by atoms with Crippen molar-refractivity contribution in [3.63, 3.8) is 0 Å². The van der Waals surface area contributed by atoms with Crippen LogP contribution in [0.25, 0.3) is 0 Å². The molecule has 1 rings (SSSR count). The fourth-order valence-corrected chi connectivity index (χ4v) is 1.47. The minimum absolute atomic E-state index is 0.245. The minimum Gasteiger partial charge on any atom is -0.493 e. The van der Waals surface area contributed by atoms with E-state index >= 15 is 0 Å². The van der Waals surface area contributed by atoms with Gasteiger partial charge in [-0.2, -0.15) is 0 Å². The van der Waals surface area contributed by atoms with Gasteiger partial charge in [0.25, 0.3) is 0 Å². The highest BCUT2D eigenvalue weighted by Crippen LogP contribution is 2.28. The van der Waals surface area contributed by atoms with Gasteiger partial charge in [0, 0.05) is 11.8 Å². The first-order valence-electron chi connectivity index (χ1n) is 4.12. The minimum atomic E-state index is 0.245. The molecule has 0 atom stereocenters. The van der Waals surface area contributed by atoms with Crippen LogP contribution in [0.4, 0.5) is 5.69 Å². The normalized spacial score (nSPS) is 9.57. The van der Waals surface area contributed by atoms with E-state index in [0.717, 1.165) is 15.9 Å². The third kappa shape index (κ3) is 3.16. The molecule has 3 N–H and O–H groups in total. The van der Waals surface area contributed by atoms with Gasteiger partial charge in [-0.3, -0.25) is 0 Å². The lowest BCUT2D eigenvalue weighted by molar-refractivity contribution is 0.338. The molecule has 0 amide bonds. The summed E-state index contributed by atoms with van der Waals surface area (Å²) in [5.74, 6) is 0.772. The van der Waals surface area contributed by atoms with E-state index in [0.29, 0.717) is 6.61 Å². The van der Waals surface area contributed by atoms with E-state index in [1.807, 2.05) is 25.1 Å². The Hall–Kier alpha value is -0.810. The second-order valence-corrected chi connectivity index (χ2v) is 3.86. The number of anilines is 1. The highest BCUT2D eigenvalue weighted by Gasteiger charge is 2.02. The van der Waals surface area contributed by atoms with Gasteiger partial charge in [0.1, 0.15) is 5.75 Å². The summed E-state index contributed by atoms with van der Waals surface area (Å²) >= 11 is 8.11. The van der Waals surface area contributed by atoms with E-state index in [1.54, 1.807) is 0 Å². The molecule has 0 saturated heterocycles. The van der Waals surface area contributed by atoms with Crippen LogP contribution in [0, 0.1) is 0 Å². The Morgan fingerprint density at radius 2 is 2.36 bits per heavy atom. The fraction of sp³-hybridized carbons (Fsp3) is 0.222. The number of rotatable bonds is 3. The summed E-state index contributed by atoms with van der Waals surface area (Å²) in [6, 6.07) is 5.59. The van der Waals surface area contributed by atoms with Gasteiger partial charge in [0.2, 0.25) is 0 Å². The number of benzene rings is 1. The zero-order valence-corrected chi connectivity index (χ0v) is 10.1. The van der Waals surface area contributed by atoms with Gasteiger partial charge < -0.3 is 15.8 Å². The van der Waals surface area contributed by atoms with Crippen LogP contribution in [0.15, 0.2) is 22.7 Å². The quantitative estimate of drug-likeness (QED) is 0.832. The fourth-order valence-electron chi connectivity index (χ4n) is 0.989. The maximum atomic E-state index is 5.39. The van der Waals surface area contributed by atoms with Gasteiger partial charge in [-0.1, -0.05) is 0 Å². The molecular formula is C9H11BrN2OS. The molecular weight excluding hydrogens is 264 g/mol. The first-order valence-corrected chi connectivity index (χ1v) is 5.32. The molecule has 0 aromatic heterocycles. The number of hydrogen-bond acceptors (Lipinski definition) is 2. The van der Waals surface area contributed by atoms with E-state index in [-0.39, 0.29) is 5.11 Å². The Morgan fingerprint density at radius 3 is 2.93 bits per heavy atom. The average molecular weight is 275 g/mol. The molecule has 3 nitrogen and oxygen atoms in total. The average Bonchev–Trinajstić information content (AvgIpc) is 2.10. The molecule has 14 heavy (non-hydrogen) atoms. The summed E-state index contributed by atoms with van der Waals surface area (Å²) in [6.45, 7) is 2.55. The molecule has 0 aliphatic carbocycles. The van der Waals surface area contributed by atoms with Crippen molar-refractivity contribution < 1.29 is 4.74 Å². The van der Waals surface area contributed by atoms with Gasteiger partial charge in [-0.25, -0.2) is 0 Å². The summed E-state index contributed by atoms with van der Waals surface area (Å²) in [6.07, 6.45) is 0. The molecule has 0 aliphatic heterocycles. The maximum absolute atomic E-state index is 5.39. The first kappa shape index (κ1) is 11.3. The molecule has 5 heteroatoms. The first-order chi connectivity index (χ1) is 6.63. The van der Waals surface area contributed by atoms with Gasteiger partial charge >= 0.3 is 0 Å². The highest BCUT2D eigenvalue weighted by molar-refractivity contribution is 9.10. The van der Waals surface area contributed by atoms with Crippen LogP contribution in [0.2, 0.25) is 0 Å². The standard InChI is InChI=1S/C9H11BrN2OS/c1-2-13-8-5-6(12-9(11)14)3-4-7(8)10/h3-5H,2H2,1H3,(H3,11,12,14). The molecule has 0 aliphatic rings. The Morgan fingerprint density at radius 1 is 1.64 bits per heavy atom. The Balaban J connectivity index is 2.88. The molecule has 0 radical (unpaired) electrons. The van der Waals surface area contributed by atoms with Crippen molar-refractivity contribution in [3.8, 4) is 5.75 Å². The zero-order chi connectivity index (χ0) is 10.6. The van der Waals surface area contributed by atoms with Crippen LogP contribution in [-0.2, 0) is 0 Å². The molecule has 0 spiro atoms. The summed E-state index contributed by atoms with van der Waals surface area (Å²) in [7, 11) is 0. The van der Waals surface area contributed by atoms with Gasteiger partial charge in [0.05, 0.1) is 11.1 Å². The summed E-state index contributed by atoms with van der Waals surface area (Å²) in [5.41, 5.74) is 6.18. The van der Waals surface area contributed by atoms with Crippen molar-refractivity contribution in [2.45, 2.75) is 6.92 Å². The van der Waals surface area contributed by atoms with Crippen molar-refractivity contribution in [1.82, 2.24) is 0 Å². The third-order valence-corrected chi connectivity index (χ3v) is 2.26. The molecule has 0 heterocycles. The van der Waals surface area contributed by atoms with Crippen molar-refractivity contribution in [2.75, 3.05) is 11.9 Å².